The number of nitrogens with one attached hydrogen (secondary N) is 1. The van der Waals surface area contributed by atoms with Crippen LogP contribution in [0.15, 0.2) is 48.5 Å². The minimum Gasteiger partial charge on any atom is -0.479 e. The number of rotatable bonds is 6. The lowest BCUT2D eigenvalue weighted by Crippen LogP contribution is -2.24. The van der Waals surface area contributed by atoms with Crippen LogP contribution in [0.4, 0.5) is 0 Å². The average Bonchev–Trinajstić information content (AvgIpc) is 2.71. The summed E-state index contributed by atoms with van der Waals surface area (Å²) in [6.45, 7) is 2.04. The molecule has 1 aliphatic rings. The number of hydrogen-bond acceptors (Lipinski definition) is 3. The summed E-state index contributed by atoms with van der Waals surface area (Å²) < 4.78 is 5.21. The number of ether oxygens (including phenoxy) is 1. The van der Waals surface area contributed by atoms with Gasteiger partial charge in [-0.2, -0.15) is 5.26 Å². The highest BCUT2D eigenvalue weighted by molar-refractivity contribution is 5.92. The lowest BCUT2D eigenvalue weighted by Gasteiger charge is -2.19. The van der Waals surface area contributed by atoms with Crippen molar-refractivity contribution in [1.82, 2.24) is 5.32 Å². The first-order valence-electron chi connectivity index (χ1n) is 9.36. The zero-order valence-electron chi connectivity index (χ0n) is 15.6. The summed E-state index contributed by atoms with van der Waals surface area (Å²) in [4.78, 5) is 12.2. The molecule has 4 nitrogen and oxygen atoms in total. The second-order valence-electron chi connectivity index (χ2n) is 6.81. The van der Waals surface area contributed by atoms with Crippen molar-refractivity contribution in [1.29, 1.82) is 5.26 Å². The molecule has 0 saturated carbocycles. The van der Waals surface area contributed by atoms with Crippen molar-refractivity contribution < 1.29 is 9.53 Å². The van der Waals surface area contributed by atoms with Crippen molar-refractivity contribution in [3.05, 3.63) is 70.8 Å². The highest BCUT2D eigenvalue weighted by atomic mass is 16.5. The molecule has 138 valence electrons. The predicted octanol–water partition coefficient (Wildman–Crippen LogP) is 4.36. The monoisotopic (exact) mass is 360 g/mol. The second-order valence-corrected chi connectivity index (χ2v) is 6.81. The maximum atomic E-state index is 12.2. The van der Waals surface area contributed by atoms with E-state index in [0.717, 1.165) is 17.5 Å². The van der Waals surface area contributed by atoms with Crippen molar-refractivity contribution in [3.8, 4) is 11.8 Å². The van der Waals surface area contributed by atoms with Gasteiger partial charge < -0.3 is 10.1 Å². The van der Waals surface area contributed by atoms with Gasteiger partial charge in [0.2, 0.25) is 5.91 Å². The molecule has 0 saturated heterocycles. The maximum absolute atomic E-state index is 12.2. The van der Waals surface area contributed by atoms with Crippen LogP contribution in [0.25, 0.3) is 6.08 Å². The van der Waals surface area contributed by atoms with E-state index in [1.54, 1.807) is 24.3 Å². The van der Waals surface area contributed by atoms with Gasteiger partial charge in [-0.05, 0) is 73.1 Å². The maximum Gasteiger partial charge on any atom is 0.244 e. The molecule has 0 aromatic heterocycles. The molecule has 0 heterocycles. The van der Waals surface area contributed by atoms with Crippen LogP contribution in [0.1, 0.15) is 48.1 Å². The van der Waals surface area contributed by atoms with E-state index in [4.69, 9.17) is 10.00 Å². The zero-order valence-corrected chi connectivity index (χ0v) is 15.6. The summed E-state index contributed by atoms with van der Waals surface area (Å²) in [5.74, 6) is 0.518. The van der Waals surface area contributed by atoms with Crippen molar-refractivity contribution in [2.24, 2.45) is 0 Å². The molecule has 1 N–H and O–H groups in total. The first-order chi connectivity index (χ1) is 13.2. The van der Waals surface area contributed by atoms with Crippen molar-refractivity contribution in [3.63, 3.8) is 0 Å². The molecule has 0 radical (unpaired) electrons. The molecule has 27 heavy (non-hydrogen) atoms. The van der Waals surface area contributed by atoms with Crippen LogP contribution in [-0.4, -0.2) is 12.5 Å². The fraction of sp³-hybridized carbons (Fsp3) is 0.304. The summed E-state index contributed by atoms with van der Waals surface area (Å²) >= 11 is 0. The number of nitrogens with zero attached hydrogens (tertiary/aromatic N) is 1. The molecule has 3 rings (SSSR count). The van der Waals surface area contributed by atoms with Gasteiger partial charge in [-0.3, -0.25) is 4.79 Å². The first kappa shape index (κ1) is 18.7. The number of aryl methyl sites for hydroxylation is 2. The molecule has 0 aliphatic heterocycles. The Morgan fingerprint density at radius 3 is 2.67 bits per heavy atom. The van der Waals surface area contributed by atoms with E-state index in [0.29, 0.717) is 5.75 Å². The quantitative estimate of drug-likeness (QED) is 0.779. The third-order valence-corrected chi connectivity index (χ3v) is 4.84. The van der Waals surface area contributed by atoms with Crippen LogP contribution < -0.4 is 10.1 Å². The summed E-state index contributed by atoms with van der Waals surface area (Å²) in [6.07, 6.45) is 8.13. The topological polar surface area (TPSA) is 62.1 Å². The number of nitriles is 1. The number of amides is 1. The minimum absolute atomic E-state index is 0.0260. The molecule has 1 aliphatic carbocycles. The van der Waals surface area contributed by atoms with Crippen LogP contribution in [0.2, 0.25) is 0 Å². The van der Waals surface area contributed by atoms with E-state index < -0.39 is 0 Å². The van der Waals surface area contributed by atoms with Gasteiger partial charge in [0, 0.05) is 6.08 Å². The minimum atomic E-state index is -0.120. The molecular formula is C23H24N2O2. The molecule has 2 aromatic rings. The van der Waals surface area contributed by atoms with Crippen LogP contribution in [0, 0.1) is 11.3 Å². The molecule has 0 spiro atoms. The molecular weight excluding hydrogens is 336 g/mol. The zero-order chi connectivity index (χ0) is 19.1. The summed E-state index contributed by atoms with van der Waals surface area (Å²) in [5.41, 5.74) is 4.92. The van der Waals surface area contributed by atoms with Gasteiger partial charge in [0.1, 0.15) is 11.8 Å². The summed E-state index contributed by atoms with van der Waals surface area (Å²) in [6, 6.07) is 15.7. The normalized spacial score (nSPS) is 14.2. The molecule has 1 amide bonds. The van der Waals surface area contributed by atoms with E-state index in [9.17, 15) is 4.79 Å². The standard InChI is InChI=1S/C23H24N2O2/c1-17(20-10-9-19-4-2-3-5-21(19)16-20)25-23(26)13-8-18-6-11-22(12-7-18)27-15-14-24/h6-13,16-17H,2-5,15H2,1H3,(H,25,26)/b13-8+. The second kappa shape index (κ2) is 9.05. The Kier molecular flexibility index (Phi) is 6.27. The highest BCUT2D eigenvalue weighted by Gasteiger charge is 2.13. The van der Waals surface area contributed by atoms with E-state index in [1.165, 1.54) is 30.4 Å². The third kappa shape index (κ3) is 5.21. The fourth-order valence-electron chi connectivity index (χ4n) is 3.33. The number of carbonyl (C=O) groups is 1. The summed E-state index contributed by atoms with van der Waals surface area (Å²) in [5, 5.41) is 11.5. The first-order valence-corrected chi connectivity index (χ1v) is 9.36. The lowest BCUT2D eigenvalue weighted by molar-refractivity contribution is -0.117. The molecule has 4 heteroatoms. The Labute approximate surface area is 160 Å². The molecule has 1 unspecified atom stereocenters. The molecule has 2 aromatic carbocycles. The average molecular weight is 360 g/mol. The van der Waals surface area contributed by atoms with Gasteiger partial charge in [-0.1, -0.05) is 30.3 Å². The van der Waals surface area contributed by atoms with Crippen molar-refractivity contribution in [2.45, 2.75) is 38.6 Å². The lowest BCUT2D eigenvalue weighted by atomic mass is 9.89. The molecule has 1 atom stereocenters. The Hall–Kier alpha value is -3.06. The van der Waals surface area contributed by atoms with Gasteiger partial charge >= 0.3 is 0 Å². The fourth-order valence-corrected chi connectivity index (χ4v) is 3.33. The van der Waals surface area contributed by atoms with Gasteiger partial charge in [0.15, 0.2) is 6.61 Å². The molecule has 0 fully saturated rings. The van der Waals surface area contributed by atoms with E-state index >= 15 is 0 Å². The Balaban J connectivity index is 1.56. The van der Waals surface area contributed by atoms with Gasteiger partial charge in [0.25, 0.3) is 0 Å². The smallest absolute Gasteiger partial charge is 0.244 e. The largest absolute Gasteiger partial charge is 0.479 e. The van der Waals surface area contributed by atoms with Crippen LogP contribution >= 0.6 is 0 Å². The summed E-state index contributed by atoms with van der Waals surface area (Å²) in [7, 11) is 0. The Morgan fingerprint density at radius 2 is 1.93 bits per heavy atom. The predicted molar refractivity (Wildman–Crippen MR) is 106 cm³/mol. The van der Waals surface area contributed by atoms with Crippen LogP contribution in [0.5, 0.6) is 5.75 Å². The van der Waals surface area contributed by atoms with E-state index in [-0.39, 0.29) is 18.6 Å². The van der Waals surface area contributed by atoms with Crippen LogP contribution in [0.3, 0.4) is 0 Å². The van der Waals surface area contributed by atoms with Gasteiger partial charge in [0.05, 0.1) is 6.04 Å². The number of hydrogen-bond donors (Lipinski definition) is 1. The number of carbonyl (C=O) groups excluding carboxylic acids is 1. The molecule has 0 bridgehead atoms. The van der Waals surface area contributed by atoms with Crippen molar-refractivity contribution >= 4 is 12.0 Å². The Morgan fingerprint density at radius 1 is 1.19 bits per heavy atom. The van der Waals surface area contributed by atoms with Gasteiger partial charge in [-0.15, -0.1) is 0 Å². The SMILES string of the molecule is CC(NC(=O)/C=C/c1ccc(OCC#N)cc1)c1ccc2c(c1)CCCC2. The van der Waals surface area contributed by atoms with E-state index in [1.807, 2.05) is 25.1 Å². The number of benzene rings is 2. The van der Waals surface area contributed by atoms with Gasteiger partial charge in [-0.25, -0.2) is 0 Å². The number of fused-ring (bicyclic) bond motifs is 1. The van der Waals surface area contributed by atoms with E-state index in [2.05, 4.69) is 23.5 Å². The van der Waals surface area contributed by atoms with Crippen LogP contribution in [-0.2, 0) is 17.6 Å². The Bertz CT molecular complexity index is 863. The van der Waals surface area contributed by atoms with Crippen molar-refractivity contribution in [2.75, 3.05) is 6.61 Å². The third-order valence-electron chi connectivity index (χ3n) is 4.84. The highest BCUT2D eigenvalue weighted by Crippen LogP contribution is 2.24.